The lowest BCUT2D eigenvalue weighted by Gasteiger charge is -2.32. The summed E-state index contributed by atoms with van der Waals surface area (Å²) in [5.74, 6) is 0.254. The van der Waals surface area contributed by atoms with Crippen molar-refractivity contribution in [3.8, 4) is 0 Å². The lowest BCUT2D eigenvalue weighted by Crippen LogP contribution is -2.45. The summed E-state index contributed by atoms with van der Waals surface area (Å²) < 4.78 is 0. The van der Waals surface area contributed by atoms with Crippen LogP contribution >= 0.6 is 0 Å². The van der Waals surface area contributed by atoms with Gasteiger partial charge < -0.3 is 10.2 Å². The summed E-state index contributed by atoms with van der Waals surface area (Å²) in [5.41, 5.74) is -0.194. The molecular formula is C14H24N2O. The van der Waals surface area contributed by atoms with Gasteiger partial charge in [0.15, 0.2) is 0 Å². The highest BCUT2D eigenvalue weighted by Gasteiger charge is 2.42. The quantitative estimate of drug-likeness (QED) is 0.685. The van der Waals surface area contributed by atoms with E-state index in [0.717, 1.165) is 32.4 Å². The van der Waals surface area contributed by atoms with E-state index >= 15 is 0 Å². The summed E-state index contributed by atoms with van der Waals surface area (Å²) in [7, 11) is 0. The molecule has 96 valence electrons. The Morgan fingerprint density at radius 1 is 1.41 bits per heavy atom. The van der Waals surface area contributed by atoms with Crippen molar-refractivity contribution in [3.63, 3.8) is 0 Å². The third-order valence-corrected chi connectivity index (χ3v) is 3.41. The first-order valence-corrected chi connectivity index (χ1v) is 6.42. The zero-order valence-electron chi connectivity index (χ0n) is 10.9. The van der Waals surface area contributed by atoms with Crippen LogP contribution in [0.4, 0.5) is 0 Å². The van der Waals surface area contributed by atoms with Gasteiger partial charge in [0.25, 0.3) is 0 Å². The van der Waals surface area contributed by atoms with Crippen LogP contribution in [0.3, 0.4) is 0 Å². The van der Waals surface area contributed by atoms with Gasteiger partial charge in [-0.3, -0.25) is 4.79 Å². The number of rotatable bonds is 7. The average Bonchev–Trinajstić information content (AvgIpc) is 2.78. The molecule has 0 radical (unpaired) electrons. The molecule has 1 fully saturated rings. The molecule has 1 rings (SSSR count). The van der Waals surface area contributed by atoms with Gasteiger partial charge in [0.2, 0.25) is 5.91 Å². The molecule has 0 aliphatic carbocycles. The van der Waals surface area contributed by atoms with Gasteiger partial charge in [-0.05, 0) is 19.4 Å². The molecular weight excluding hydrogens is 212 g/mol. The van der Waals surface area contributed by atoms with Gasteiger partial charge in [0.1, 0.15) is 0 Å². The molecule has 0 bridgehead atoms. The standard InChI is InChI=1S/C14H24N2O/c1-4-7-14(8-9-15-12-14)13(17)16(10-5-2)11-6-3/h5-6,15H,2-4,7-12H2,1H3. The molecule has 0 spiro atoms. The maximum atomic E-state index is 12.6. The summed E-state index contributed by atoms with van der Waals surface area (Å²) >= 11 is 0. The minimum absolute atomic E-state index is 0.194. The summed E-state index contributed by atoms with van der Waals surface area (Å²) in [6.07, 6.45) is 6.52. The molecule has 17 heavy (non-hydrogen) atoms. The minimum atomic E-state index is -0.194. The molecule has 1 aliphatic rings. The second-order valence-electron chi connectivity index (χ2n) is 4.74. The number of carbonyl (C=O) groups is 1. The molecule has 1 unspecified atom stereocenters. The Kier molecular flexibility index (Phi) is 5.42. The molecule has 1 heterocycles. The SMILES string of the molecule is C=CCN(CC=C)C(=O)C1(CCC)CCNC1. The van der Waals surface area contributed by atoms with E-state index in [1.807, 2.05) is 4.90 Å². The van der Waals surface area contributed by atoms with Gasteiger partial charge in [-0.1, -0.05) is 25.5 Å². The smallest absolute Gasteiger partial charge is 0.230 e. The average molecular weight is 236 g/mol. The van der Waals surface area contributed by atoms with Crippen molar-refractivity contribution in [2.24, 2.45) is 5.41 Å². The molecule has 1 atom stereocenters. The minimum Gasteiger partial charge on any atom is -0.335 e. The molecule has 1 aliphatic heterocycles. The Labute approximate surface area is 105 Å². The van der Waals surface area contributed by atoms with Crippen LogP contribution in [0.2, 0.25) is 0 Å². The van der Waals surface area contributed by atoms with Crippen LogP contribution in [0.15, 0.2) is 25.3 Å². The van der Waals surface area contributed by atoms with Crippen LogP contribution in [0.5, 0.6) is 0 Å². The van der Waals surface area contributed by atoms with E-state index in [9.17, 15) is 4.79 Å². The van der Waals surface area contributed by atoms with Crippen molar-refractivity contribution in [1.29, 1.82) is 0 Å². The first-order valence-electron chi connectivity index (χ1n) is 6.42. The topological polar surface area (TPSA) is 32.3 Å². The Hall–Kier alpha value is -1.09. The summed E-state index contributed by atoms with van der Waals surface area (Å²) in [5, 5.41) is 3.32. The predicted octanol–water partition coefficient (Wildman–Crippen LogP) is 1.97. The van der Waals surface area contributed by atoms with Gasteiger partial charge >= 0.3 is 0 Å². The fourth-order valence-corrected chi connectivity index (χ4v) is 2.61. The molecule has 1 saturated heterocycles. The number of nitrogens with one attached hydrogen (secondary N) is 1. The highest BCUT2D eigenvalue weighted by atomic mass is 16.2. The molecule has 3 nitrogen and oxygen atoms in total. The molecule has 1 amide bonds. The second-order valence-corrected chi connectivity index (χ2v) is 4.74. The van der Waals surface area contributed by atoms with Gasteiger partial charge in [0.05, 0.1) is 5.41 Å². The number of nitrogens with zero attached hydrogens (tertiary/aromatic N) is 1. The van der Waals surface area contributed by atoms with Crippen LogP contribution in [0.25, 0.3) is 0 Å². The van der Waals surface area contributed by atoms with Gasteiger partial charge in [-0.15, -0.1) is 13.2 Å². The van der Waals surface area contributed by atoms with Crippen LogP contribution in [0, 0.1) is 5.41 Å². The molecule has 3 heteroatoms. The van der Waals surface area contributed by atoms with Crippen molar-refractivity contribution < 1.29 is 4.79 Å². The third kappa shape index (κ3) is 3.19. The molecule has 0 aromatic rings. The summed E-state index contributed by atoms with van der Waals surface area (Å²) in [6.45, 7) is 12.5. The lowest BCUT2D eigenvalue weighted by atomic mass is 9.81. The molecule has 0 saturated carbocycles. The first kappa shape index (κ1) is 14.0. The Morgan fingerprint density at radius 3 is 2.47 bits per heavy atom. The fourth-order valence-electron chi connectivity index (χ4n) is 2.61. The van der Waals surface area contributed by atoms with Crippen molar-refractivity contribution in [2.75, 3.05) is 26.2 Å². The van der Waals surface area contributed by atoms with Crippen LogP contribution in [-0.4, -0.2) is 37.0 Å². The number of amides is 1. The Balaban J connectivity index is 2.80. The lowest BCUT2D eigenvalue weighted by molar-refractivity contribution is -0.140. The zero-order valence-corrected chi connectivity index (χ0v) is 10.9. The van der Waals surface area contributed by atoms with Gasteiger partial charge in [-0.25, -0.2) is 0 Å². The highest BCUT2D eigenvalue weighted by Crippen LogP contribution is 2.33. The van der Waals surface area contributed by atoms with Crippen LogP contribution < -0.4 is 5.32 Å². The van der Waals surface area contributed by atoms with E-state index in [1.165, 1.54) is 0 Å². The van der Waals surface area contributed by atoms with E-state index < -0.39 is 0 Å². The Bertz CT molecular complexity index is 270. The van der Waals surface area contributed by atoms with E-state index in [1.54, 1.807) is 12.2 Å². The molecule has 0 aromatic heterocycles. The zero-order chi connectivity index (χ0) is 12.7. The van der Waals surface area contributed by atoms with E-state index in [-0.39, 0.29) is 11.3 Å². The monoisotopic (exact) mass is 236 g/mol. The maximum Gasteiger partial charge on any atom is 0.230 e. The van der Waals surface area contributed by atoms with Gasteiger partial charge in [0, 0.05) is 19.6 Å². The van der Waals surface area contributed by atoms with Crippen molar-refractivity contribution >= 4 is 5.91 Å². The van der Waals surface area contributed by atoms with E-state index in [4.69, 9.17) is 0 Å². The first-order chi connectivity index (χ1) is 8.20. The van der Waals surface area contributed by atoms with Crippen molar-refractivity contribution in [1.82, 2.24) is 10.2 Å². The number of hydrogen-bond donors (Lipinski definition) is 1. The summed E-state index contributed by atoms with van der Waals surface area (Å²) in [6, 6.07) is 0. The van der Waals surface area contributed by atoms with E-state index in [0.29, 0.717) is 13.1 Å². The fraction of sp³-hybridized carbons (Fsp3) is 0.643. The maximum absolute atomic E-state index is 12.6. The van der Waals surface area contributed by atoms with E-state index in [2.05, 4.69) is 25.4 Å². The Morgan fingerprint density at radius 2 is 2.06 bits per heavy atom. The van der Waals surface area contributed by atoms with Crippen LogP contribution in [0.1, 0.15) is 26.2 Å². The number of carbonyl (C=O) groups excluding carboxylic acids is 1. The third-order valence-electron chi connectivity index (χ3n) is 3.41. The van der Waals surface area contributed by atoms with Crippen molar-refractivity contribution in [2.45, 2.75) is 26.2 Å². The molecule has 0 aromatic carbocycles. The molecule has 1 N–H and O–H groups in total. The van der Waals surface area contributed by atoms with Crippen molar-refractivity contribution in [3.05, 3.63) is 25.3 Å². The normalized spacial score (nSPS) is 23.4. The van der Waals surface area contributed by atoms with Crippen LogP contribution in [-0.2, 0) is 4.79 Å². The summed E-state index contributed by atoms with van der Waals surface area (Å²) in [4.78, 5) is 14.5. The largest absolute Gasteiger partial charge is 0.335 e. The predicted molar refractivity (Wildman–Crippen MR) is 71.8 cm³/mol. The van der Waals surface area contributed by atoms with Gasteiger partial charge in [-0.2, -0.15) is 0 Å². The number of hydrogen-bond acceptors (Lipinski definition) is 2. The second kappa shape index (κ2) is 6.60. The highest BCUT2D eigenvalue weighted by molar-refractivity contribution is 5.83.